The fourth-order valence-electron chi connectivity index (χ4n) is 1.19. The molecule has 2 N–H and O–H groups in total. The topological polar surface area (TPSA) is 60.2 Å². The molecule has 0 aliphatic rings. The van der Waals surface area contributed by atoms with Gasteiger partial charge in [0, 0.05) is 0 Å². The van der Waals surface area contributed by atoms with Crippen LogP contribution >= 0.6 is 0 Å². The largest absolute Gasteiger partial charge is 0.410 e. The van der Waals surface area contributed by atoms with E-state index in [1.807, 2.05) is 0 Å². The number of rotatable bonds is 2. The molecule has 0 fully saturated rings. The fourth-order valence-corrected chi connectivity index (χ4v) is 2.10. The zero-order chi connectivity index (χ0) is 11.7. The highest BCUT2D eigenvalue weighted by Gasteiger charge is 2.48. The molecule has 0 saturated heterocycles. The van der Waals surface area contributed by atoms with Crippen LogP contribution in [0.15, 0.2) is 30.3 Å². The highest BCUT2D eigenvalue weighted by atomic mass is 32.2. The van der Waals surface area contributed by atoms with Crippen LogP contribution in [-0.2, 0) is 10.0 Å². The molecule has 0 aliphatic carbocycles. The van der Waals surface area contributed by atoms with Gasteiger partial charge in [0.05, 0.1) is 0 Å². The maximum atomic E-state index is 12.4. The van der Waals surface area contributed by atoms with Crippen LogP contribution in [0.1, 0.15) is 10.8 Å². The minimum absolute atomic E-state index is 0.382. The lowest BCUT2D eigenvalue weighted by Gasteiger charge is -2.18. The normalized spacial score (nSPS) is 14.9. The molecule has 7 heteroatoms. The Morgan fingerprint density at radius 3 is 1.93 bits per heavy atom. The van der Waals surface area contributed by atoms with Crippen molar-refractivity contribution in [1.29, 1.82) is 0 Å². The van der Waals surface area contributed by atoms with E-state index < -0.39 is 21.4 Å². The van der Waals surface area contributed by atoms with E-state index in [0.717, 1.165) is 12.1 Å². The summed E-state index contributed by atoms with van der Waals surface area (Å²) in [6, 6.07) is 6.27. The fraction of sp³-hybridized carbons (Fsp3) is 0.250. The minimum atomic E-state index is -4.91. The van der Waals surface area contributed by atoms with Crippen LogP contribution < -0.4 is 5.14 Å². The van der Waals surface area contributed by atoms with Gasteiger partial charge >= 0.3 is 6.18 Å². The molecule has 0 bridgehead atoms. The van der Waals surface area contributed by atoms with Crippen molar-refractivity contribution in [3.63, 3.8) is 0 Å². The zero-order valence-electron chi connectivity index (χ0n) is 7.40. The highest BCUT2D eigenvalue weighted by molar-refractivity contribution is 7.89. The van der Waals surface area contributed by atoms with Crippen LogP contribution in [0.5, 0.6) is 0 Å². The molecule has 3 nitrogen and oxygen atoms in total. The first-order valence-corrected chi connectivity index (χ1v) is 5.47. The summed E-state index contributed by atoms with van der Waals surface area (Å²) in [5.74, 6) is 0. The van der Waals surface area contributed by atoms with E-state index in [0.29, 0.717) is 0 Å². The van der Waals surface area contributed by atoms with E-state index in [-0.39, 0.29) is 5.56 Å². The van der Waals surface area contributed by atoms with E-state index in [1.54, 1.807) is 0 Å². The molecule has 1 rings (SSSR count). The van der Waals surface area contributed by atoms with Crippen molar-refractivity contribution < 1.29 is 21.6 Å². The Balaban J connectivity index is 3.27. The summed E-state index contributed by atoms with van der Waals surface area (Å²) in [6.07, 6.45) is -4.91. The summed E-state index contributed by atoms with van der Waals surface area (Å²) in [6.45, 7) is 0. The Morgan fingerprint density at radius 2 is 1.60 bits per heavy atom. The van der Waals surface area contributed by atoms with Gasteiger partial charge in [-0.2, -0.15) is 13.2 Å². The van der Waals surface area contributed by atoms with Gasteiger partial charge in [0.1, 0.15) is 0 Å². The van der Waals surface area contributed by atoms with Gasteiger partial charge in [0.2, 0.25) is 10.0 Å². The van der Waals surface area contributed by atoms with Crippen molar-refractivity contribution in [1.82, 2.24) is 0 Å². The molecule has 0 aromatic heterocycles. The second-order valence-corrected chi connectivity index (χ2v) is 4.57. The minimum Gasteiger partial charge on any atom is -0.228 e. The van der Waals surface area contributed by atoms with Crippen molar-refractivity contribution in [2.75, 3.05) is 0 Å². The van der Waals surface area contributed by atoms with Crippen LogP contribution in [0.2, 0.25) is 0 Å². The molecule has 15 heavy (non-hydrogen) atoms. The van der Waals surface area contributed by atoms with E-state index >= 15 is 0 Å². The van der Waals surface area contributed by atoms with Crippen molar-refractivity contribution in [2.24, 2.45) is 5.14 Å². The third-order valence-electron chi connectivity index (χ3n) is 1.73. The zero-order valence-corrected chi connectivity index (χ0v) is 8.22. The van der Waals surface area contributed by atoms with Gasteiger partial charge in [-0.1, -0.05) is 30.3 Å². The van der Waals surface area contributed by atoms with E-state index in [1.165, 1.54) is 18.2 Å². The van der Waals surface area contributed by atoms with Crippen LogP contribution in [0, 0.1) is 0 Å². The summed E-state index contributed by atoms with van der Waals surface area (Å²) < 4.78 is 59.0. The Hall–Kier alpha value is -1.08. The molecule has 0 heterocycles. The lowest BCUT2D eigenvalue weighted by Crippen LogP contribution is -2.33. The van der Waals surface area contributed by atoms with Gasteiger partial charge < -0.3 is 0 Å². The number of hydrogen-bond acceptors (Lipinski definition) is 2. The van der Waals surface area contributed by atoms with E-state index in [4.69, 9.17) is 0 Å². The van der Waals surface area contributed by atoms with Crippen LogP contribution in [0.3, 0.4) is 0 Å². The third kappa shape index (κ3) is 2.93. The van der Waals surface area contributed by atoms with Gasteiger partial charge in [0.25, 0.3) is 0 Å². The second-order valence-electron chi connectivity index (χ2n) is 2.92. The molecule has 1 aromatic carbocycles. The quantitative estimate of drug-likeness (QED) is 0.851. The SMILES string of the molecule is NS(=O)(=O)C(c1ccccc1)C(F)(F)F. The summed E-state index contributed by atoms with van der Waals surface area (Å²) in [5.41, 5.74) is -0.382. The highest BCUT2D eigenvalue weighted by Crippen LogP contribution is 2.37. The first kappa shape index (κ1) is 12.0. The number of nitrogens with two attached hydrogens (primary N) is 1. The third-order valence-corrected chi connectivity index (χ3v) is 2.92. The number of primary sulfonamides is 1. The smallest absolute Gasteiger partial charge is 0.228 e. The predicted molar refractivity (Wildman–Crippen MR) is 48.3 cm³/mol. The first-order chi connectivity index (χ1) is 6.73. The van der Waals surface area contributed by atoms with Gasteiger partial charge in [0.15, 0.2) is 5.25 Å². The van der Waals surface area contributed by atoms with E-state index in [9.17, 15) is 21.6 Å². The van der Waals surface area contributed by atoms with Crippen molar-refractivity contribution in [3.05, 3.63) is 35.9 Å². The number of hydrogen-bond donors (Lipinski definition) is 1. The Kier molecular flexibility index (Phi) is 3.05. The van der Waals surface area contributed by atoms with Crippen LogP contribution in [0.4, 0.5) is 13.2 Å². The first-order valence-electron chi connectivity index (χ1n) is 3.86. The van der Waals surface area contributed by atoms with Gasteiger partial charge in [-0.25, -0.2) is 13.6 Å². The maximum absolute atomic E-state index is 12.4. The molecule has 0 radical (unpaired) electrons. The van der Waals surface area contributed by atoms with Crippen molar-refractivity contribution in [3.8, 4) is 0 Å². The number of benzene rings is 1. The standard InChI is InChI=1S/C8H8F3NO2S/c9-8(10,11)7(15(12,13)14)6-4-2-1-3-5-6/h1-5,7H,(H2,12,13,14). The molecule has 1 unspecified atom stereocenters. The summed E-state index contributed by atoms with van der Waals surface area (Å²) in [4.78, 5) is 0. The Labute approximate surface area is 84.8 Å². The molecule has 1 aromatic rings. The molecule has 1 atom stereocenters. The van der Waals surface area contributed by atoms with Crippen molar-refractivity contribution >= 4 is 10.0 Å². The summed E-state index contributed by atoms with van der Waals surface area (Å²) in [7, 11) is -4.70. The lowest BCUT2D eigenvalue weighted by atomic mass is 10.1. The molecular formula is C8H8F3NO2S. The maximum Gasteiger partial charge on any atom is 0.410 e. The Bertz CT molecular complexity index is 427. The van der Waals surface area contributed by atoms with Gasteiger partial charge in [-0.05, 0) is 5.56 Å². The molecule has 84 valence electrons. The molecule has 0 amide bonds. The number of halogens is 3. The average Bonchev–Trinajstić information content (AvgIpc) is 2.00. The van der Waals surface area contributed by atoms with E-state index in [2.05, 4.69) is 5.14 Å². The summed E-state index contributed by atoms with van der Waals surface area (Å²) in [5, 5.41) is 1.89. The molecule has 0 saturated carbocycles. The molecule has 0 spiro atoms. The lowest BCUT2D eigenvalue weighted by molar-refractivity contribution is -0.131. The van der Waals surface area contributed by atoms with Crippen LogP contribution in [-0.4, -0.2) is 14.6 Å². The number of sulfonamides is 1. The monoisotopic (exact) mass is 239 g/mol. The molecule has 0 aliphatic heterocycles. The average molecular weight is 239 g/mol. The summed E-state index contributed by atoms with van der Waals surface area (Å²) >= 11 is 0. The van der Waals surface area contributed by atoms with Gasteiger partial charge in [-0.15, -0.1) is 0 Å². The van der Waals surface area contributed by atoms with Crippen molar-refractivity contribution in [2.45, 2.75) is 11.4 Å². The number of alkyl halides is 3. The second kappa shape index (κ2) is 3.82. The van der Waals surface area contributed by atoms with Crippen LogP contribution in [0.25, 0.3) is 0 Å². The predicted octanol–water partition coefficient (Wildman–Crippen LogP) is 1.58. The Morgan fingerprint density at radius 1 is 1.13 bits per heavy atom. The molecular weight excluding hydrogens is 231 g/mol. The van der Waals surface area contributed by atoms with Gasteiger partial charge in [-0.3, -0.25) is 0 Å².